The Morgan fingerprint density at radius 2 is 1.05 bits per heavy atom. The summed E-state index contributed by atoms with van der Waals surface area (Å²) in [5.41, 5.74) is 0. The van der Waals surface area contributed by atoms with E-state index in [9.17, 15) is 0 Å². The molecule has 1 nitrogen and oxygen atoms in total. The van der Waals surface area contributed by atoms with Gasteiger partial charge < -0.3 is 5.32 Å². The van der Waals surface area contributed by atoms with E-state index in [-0.39, 0.29) is 12.4 Å². The third kappa shape index (κ3) is 5.13. The molecule has 2 aliphatic rings. The maximum atomic E-state index is 4.18. The van der Waals surface area contributed by atoms with E-state index in [1.54, 1.807) is 0 Å². The first-order valence-electron chi connectivity index (χ1n) is 9.64. The van der Waals surface area contributed by atoms with E-state index in [2.05, 4.69) is 46.9 Å². The van der Waals surface area contributed by atoms with Crippen LogP contribution in [0.3, 0.4) is 0 Å². The lowest BCUT2D eigenvalue weighted by molar-refractivity contribution is 0.106. The van der Waals surface area contributed by atoms with Crippen molar-refractivity contribution < 1.29 is 0 Å². The van der Waals surface area contributed by atoms with Gasteiger partial charge in [0.2, 0.25) is 0 Å². The summed E-state index contributed by atoms with van der Waals surface area (Å²) < 4.78 is 0. The van der Waals surface area contributed by atoms with Crippen LogP contribution in [0.2, 0.25) is 0 Å². The maximum absolute atomic E-state index is 4.18. The summed E-state index contributed by atoms with van der Waals surface area (Å²) in [6.45, 7) is 14.6. The highest BCUT2D eigenvalue weighted by Gasteiger charge is 2.36. The highest BCUT2D eigenvalue weighted by molar-refractivity contribution is 5.85. The zero-order valence-corrected chi connectivity index (χ0v) is 16.6. The molecule has 0 aromatic rings. The first-order valence-corrected chi connectivity index (χ1v) is 9.64. The third-order valence-corrected chi connectivity index (χ3v) is 6.47. The van der Waals surface area contributed by atoms with Crippen molar-refractivity contribution in [2.45, 2.75) is 92.2 Å². The molecule has 0 saturated heterocycles. The number of hydrogen-bond donors (Lipinski definition) is 1. The van der Waals surface area contributed by atoms with Crippen LogP contribution in [0, 0.1) is 35.5 Å². The molecule has 2 fully saturated rings. The van der Waals surface area contributed by atoms with Gasteiger partial charge in [-0.25, -0.2) is 0 Å². The molecular formula is C20H40ClN. The van der Waals surface area contributed by atoms with Crippen LogP contribution in [0.4, 0.5) is 0 Å². The Hall–Kier alpha value is 0.250. The molecule has 0 aromatic heterocycles. The van der Waals surface area contributed by atoms with Gasteiger partial charge in [0.05, 0.1) is 0 Å². The van der Waals surface area contributed by atoms with Gasteiger partial charge in [0.15, 0.2) is 0 Å². The molecule has 0 spiro atoms. The van der Waals surface area contributed by atoms with Crippen molar-refractivity contribution in [1.29, 1.82) is 0 Å². The molecule has 1 N–H and O–H groups in total. The van der Waals surface area contributed by atoms with Crippen LogP contribution < -0.4 is 5.32 Å². The predicted octanol–water partition coefficient (Wildman–Crippen LogP) is 5.92. The van der Waals surface area contributed by atoms with Crippen molar-refractivity contribution in [3.8, 4) is 0 Å². The third-order valence-electron chi connectivity index (χ3n) is 6.47. The summed E-state index contributed by atoms with van der Waals surface area (Å²) in [6.07, 6.45) is 8.55. The molecule has 0 amide bonds. The first-order chi connectivity index (χ1) is 9.88. The second-order valence-corrected chi connectivity index (χ2v) is 9.03. The van der Waals surface area contributed by atoms with Gasteiger partial charge in [-0.1, -0.05) is 54.4 Å². The van der Waals surface area contributed by atoms with Crippen molar-refractivity contribution in [2.75, 3.05) is 0 Å². The Balaban J connectivity index is 0.00000242. The van der Waals surface area contributed by atoms with Gasteiger partial charge in [0.25, 0.3) is 0 Å². The molecule has 0 radical (unpaired) electrons. The predicted molar refractivity (Wildman–Crippen MR) is 101 cm³/mol. The fourth-order valence-corrected chi connectivity index (χ4v) is 5.06. The fraction of sp³-hybridized carbons (Fsp3) is 1.00. The molecule has 22 heavy (non-hydrogen) atoms. The van der Waals surface area contributed by atoms with Crippen molar-refractivity contribution in [1.82, 2.24) is 5.32 Å². The SMILES string of the molecule is CC1CCC(C(C)C)C(NC2CC(C)CCC2C(C)C)C1.Cl. The van der Waals surface area contributed by atoms with Gasteiger partial charge >= 0.3 is 0 Å². The fourth-order valence-electron chi connectivity index (χ4n) is 5.06. The number of rotatable bonds is 4. The molecule has 2 saturated carbocycles. The summed E-state index contributed by atoms with van der Waals surface area (Å²) in [6, 6.07) is 1.54. The minimum Gasteiger partial charge on any atom is -0.311 e. The summed E-state index contributed by atoms with van der Waals surface area (Å²) in [7, 11) is 0. The normalized spacial score (nSPS) is 39.8. The Kier molecular flexibility index (Phi) is 8.23. The van der Waals surface area contributed by atoms with Crippen molar-refractivity contribution >= 4 is 12.4 Å². The van der Waals surface area contributed by atoms with E-state index in [0.29, 0.717) is 0 Å². The average Bonchev–Trinajstić information content (AvgIpc) is 2.38. The highest BCUT2D eigenvalue weighted by atomic mass is 35.5. The van der Waals surface area contributed by atoms with E-state index in [1.807, 2.05) is 0 Å². The quantitative estimate of drug-likeness (QED) is 0.675. The Labute approximate surface area is 145 Å². The summed E-state index contributed by atoms with van der Waals surface area (Å²) in [4.78, 5) is 0. The zero-order chi connectivity index (χ0) is 15.6. The summed E-state index contributed by atoms with van der Waals surface area (Å²) >= 11 is 0. The molecule has 6 atom stereocenters. The highest BCUT2D eigenvalue weighted by Crippen LogP contribution is 2.38. The molecule has 0 aromatic carbocycles. The van der Waals surface area contributed by atoms with Crippen LogP contribution in [0.1, 0.15) is 80.1 Å². The largest absolute Gasteiger partial charge is 0.311 e. The lowest BCUT2D eigenvalue weighted by Gasteiger charge is -2.45. The van der Waals surface area contributed by atoms with Gasteiger partial charge in [-0.15, -0.1) is 12.4 Å². The number of halogens is 1. The van der Waals surface area contributed by atoms with E-state index < -0.39 is 0 Å². The van der Waals surface area contributed by atoms with Gasteiger partial charge in [-0.3, -0.25) is 0 Å². The molecule has 2 heteroatoms. The van der Waals surface area contributed by atoms with Gasteiger partial charge in [0.1, 0.15) is 0 Å². The van der Waals surface area contributed by atoms with Crippen LogP contribution in [-0.2, 0) is 0 Å². The second-order valence-electron chi connectivity index (χ2n) is 9.03. The van der Waals surface area contributed by atoms with Crippen LogP contribution in [0.25, 0.3) is 0 Å². The Morgan fingerprint density at radius 3 is 1.36 bits per heavy atom. The van der Waals surface area contributed by atoms with Crippen LogP contribution >= 0.6 is 12.4 Å². The van der Waals surface area contributed by atoms with E-state index >= 15 is 0 Å². The van der Waals surface area contributed by atoms with E-state index in [1.165, 1.54) is 38.5 Å². The zero-order valence-electron chi connectivity index (χ0n) is 15.8. The van der Waals surface area contributed by atoms with Gasteiger partial charge in [-0.05, 0) is 61.2 Å². The Morgan fingerprint density at radius 1 is 0.682 bits per heavy atom. The first kappa shape index (κ1) is 20.3. The van der Waals surface area contributed by atoms with Gasteiger partial charge in [-0.2, -0.15) is 0 Å². The number of nitrogens with one attached hydrogen (secondary N) is 1. The standard InChI is InChI=1S/C20H39N.ClH/c1-13(2)17-9-7-15(5)11-19(17)21-20-12-16(6)8-10-18(20)14(3)4;/h13-21H,7-12H2,1-6H3;1H. The average molecular weight is 330 g/mol. The van der Waals surface area contributed by atoms with Crippen LogP contribution in [0.5, 0.6) is 0 Å². The van der Waals surface area contributed by atoms with Crippen molar-refractivity contribution in [3.63, 3.8) is 0 Å². The summed E-state index contributed by atoms with van der Waals surface area (Å²) in [5, 5.41) is 4.18. The second kappa shape index (κ2) is 8.92. The lowest BCUT2D eigenvalue weighted by Crippen LogP contribution is -2.52. The van der Waals surface area contributed by atoms with Crippen molar-refractivity contribution in [2.24, 2.45) is 35.5 Å². The molecule has 0 bridgehead atoms. The minimum absolute atomic E-state index is 0. The summed E-state index contributed by atoms with van der Waals surface area (Å²) in [5.74, 6) is 5.27. The van der Waals surface area contributed by atoms with Crippen LogP contribution in [0.15, 0.2) is 0 Å². The monoisotopic (exact) mass is 329 g/mol. The molecule has 6 unspecified atom stereocenters. The molecular weight excluding hydrogens is 290 g/mol. The van der Waals surface area contributed by atoms with Crippen molar-refractivity contribution in [3.05, 3.63) is 0 Å². The van der Waals surface area contributed by atoms with E-state index in [4.69, 9.17) is 0 Å². The topological polar surface area (TPSA) is 12.0 Å². The molecule has 132 valence electrons. The molecule has 0 heterocycles. The Bertz CT molecular complexity index is 285. The number of hydrogen-bond acceptors (Lipinski definition) is 1. The van der Waals surface area contributed by atoms with Crippen LogP contribution in [-0.4, -0.2) is 12.1 Å². The lowest BCUT2D eigenvalue weighted by atomic mass is 9.70. The molecule has 2 rings (SSSR count). The minimum atomic E-state index is 0. The molecule has 2 aliphatic carbocycles. The van der Waals surface area contributed by atoms with Gasteiger partial charge in [0, 0.05) is 12.1 Å². The maximum Gasteiger partial charge on any atom is 0.0103 e. The smallest absolute Gasteiger partial charge is 0.0103 e. The molecule has 0 aliphatic heterocycles. The van der Waals surface area contributed by atoms with E-state index in [0.717, 1.165) is 47.6 Å².